The molecule has 0 aliphatic carbocycles. The molecule has 5 nitrogen and oxygen atoms in total. The number of halogens is 2. The smallest absolute Gasteiger partial charge is 0.268 e. The average Bonchev–Trinajstić information content (AvgIpc) is 3.33. The number of nitrogens with one attached hydrogen (secondary N) is 3. The van der Waals surface area contributed by atoms with Crippen molar-refractivity contribution in [2.45, 2.75) is 12.5 Å². The minimum atomic E-state index is -0.298. The lowest BCUT2D eigenvalue weighted by atomic mass is 10.2. The van der Waals surface area contributed by atoms with Gasteiger partial charge in [0.15, 0.2) is 0 Å². The van der Waals surface area contributed by atoms with Crippen molar-refractivity contribution < 1.29 is 9.18 Å². The van der Waals surface area contributed by atoms with E-state index in [1.54, 1.807) is 12.1 Å². The van der Waals surface area contributed by atoms with Crippen LogP contribution in [0.25, 0.3) is 16.6 Å². The van der Waals surface area contributed by atoms with Crippen molar-refractivity contribution in [1.29, 1.82) is 0 Å². The maximum Gasteiger partial charge on any atom is 0.268 e. The summed E-state index contributed by atoms with van der Waals surface area (Å²) >= 11 is 0. The summed E-state index contributed by atoms with van der Waals surface area (Å²) in [5, 5.41) is 10.7. The fourth-order valence-electron chi connectivity index (χ4n) is 3.56. The van der Waals surface area contributed by atoms with Crippen LogP contribution in [-0.2, 0) is 0 Å². The number of amides is 1. The Hall–Kier alpha value is -2.41. The van der Waals surface area contributed by atoms with E-state index in [1.807, 2.05) is 34.9 Å². The normalized spacial score (nSPS) is 16.1. The fraction of sp³-hybridized carbons (Fsp3) is 0.286. The number of carbonyl (C=O) groups excluding carboxylic acids is 1. The molecule has 28 heavy (non-hydrogen) atoms. The molecule has 148 valence electrons. The lowest BCUT2D eigenvalue weighted by Gasteiger charge is -2.13. The standard InChI is InChI=1S/C21H23FN4O.ClH/c22-16-5-7-18(8-6-16)26-19-4-2-1-3-15(19)13-20(26)21(27)25-12-11-24-17-9-10-23-14-17;/h1-8,13,17,23-24H,9-12,14H2,(H,25,27);1H. The first-order chi connectivity index (χ1) is 13.2. The number of hydrogen-bond acceptors (Lipinski definition) is 3. The van der Waals surface area contributed by atoms with Gasteiger partial charge in [-0.15, -0.1) is 12.4 Å². The Morgan fingerprint density at radius 1 is 1.14 bits per heavy atom. The second-order valence-electron chi connectivity index (χ2n) is 6.80. The van der Waals surface area contributed by atoms with Gasteiger partial charge in [0.05, 0.1) is 5.52 Å². The molecule has 0 saturated carbocycles. The van der Waals surface area contributed by atoms with Crippen LogP contribution in [0.5, 0.6) is 0 Å². The Labute approximate surface area is 169 Å². The summed E-state index contributed by atoms with van der Waals surface area (Å²) in [5.74, 6) is -0.435. The number of nitrogens with zero attached hydrogens (tertiary/aromatic N) is 1. The van der Waals surface area contributed by atoms with Gasteiger partial charge in [-0.1, -0.05) is 18.2 Å². The maximum atomic E-state index is 13.3. The van der Waals surface area contributed by atoms with Crippen LogP contribution in [0.15, 0.2) is 54.6 Å². The van der Waals surface area contributed by atoms with Gasteiger partial charge >= 0.3 is 0 Å². The number of fused-ring (bicyclic) bond motifs is 1. The second kappa shape index (κ2) is 9.19. The summed E-state index contributed by atoms with van der Waals surface area (Å²) in [6.07, 6.45) is 1.12. The molecule has 1 aromatic heterocycles. The zero-order chi connectivity index (χ0) is 18.6. The SMILES string of the molecule is Cl.O=C(NCCNC1CCNC1)c1cc2ccccc2n1-c1ccc(F)cc1. The first-order valence-corrected chi connectivity index (χ1v) is 9.31. The predicted octanol–water partition coefficient (Wildman–Crippen LogP) is 2.87. The molecule has 1 atom stereocenters. The van der Waals surface area contributed by atoms with Crippen LogP contribution >= 0.6 is 12.4 Å². The van der Waals surface area contributed by atoms with Crippen molar-refractivity contribution in [3.05, 3.63) is 66.1 Å². The number of carbonyl (C=O) groups is 1. The van der Waals surface area contributed by atoms with E-state index in [-0.39, 0.29) is 24.1 Å². The van der Waals surface area contributed by atoms with Crippen molar-refractivity contribution in [2.75, 3.05) is 26.2 Å². The van der Waals surface area contributed by atoms with Crippen molar-refractivity contribution >= 4 is 29.2 Å². The van der Waals surface area contributed by atoms with Gasteiger partial charge in [0.1, 0.15) is 11.5 Å². The highest BCUT2D eigenvalue weighted by atomic mass is 35.5. The van der Waals surface area contributed by atoms with Gasteiger partial charge in [0.2, 0.25) is 0 Å². The second-order valence-corrected chi connectivity index (χ2v) is 6.80. The van der Waals surface area contributed by atoms with E-state index < -0.39 is 0 Å². The molecule has 0 bridgehead atoms. The molecule has 3 aromatic rings. The van der Waals surface area contributed by atoms with E-state index in [4.69, 9.17) is 0 Å². The summed E-state index contributed by atoms with van der Waals surface area (Å²) in [6, 6.07) is 16.4. The highest BCUT2D eigenvalue weighted by molar-refractivity contribution is 6.00. The predicted molar refractivity (Wildman–Crippen MR) is 112 cm³/mol. The van der Waals surface area contributed by atoms with E-state index in [0.29, 0.717) is 18.3 Å². The Balaban J connectivity index is 0.00000225. The van der Waals surface area contributed by atoms with Gasteiger partial charge < -0.3 is 20.5 Å². The largest absolute Gasteiger partial charge is 0.349 e. The van der Waals surface area contributed by atoms with Gasteiger partial charge in [-0.2, -0.15) is 0 Å². The fourth-order valence-corrected chi connectivity index (χ4v) is 3.56. The molecule has 1 aliphatic rings. The Morgan fingerprint density at radius 2 is 1.93 bits per heavy atom. The van der Waals surface area contributed by atoms with Gasteiger partial charge in [-0.3, -0.25) is 4.79 Å². The molecule has 4 rings (SSSR count). The molecule has 1 unspecified atom stereocenters. The summed E-state index contributed by atoms with van der Waals surface area (Å²) in [5.41, 5.74) is 2.23. The van der Waals surface area contributed by atoms with Crippen molar-refractivity contribution in [1.82, 2.24) is 20.5 Å². The highest BCUT2D eigenvalue weighted by Crippen LogP contribution is 2.24. The minimum Gasteiger partial charge on any atom is -0.349 e. The third kappa shape index (κ3) is 4.35. The van der Waals surface area contributed by atoms with E-state index in [9.17, 15) is 9.18 Å². The molecule has 2 heterocycles. The third-order valence-electron chi connectivity index (χ3n) is 4.93. The molecule has 2 aromatic carbocycles. The van der Waals surface area contributed by atoms with Crippen LogP contribution in [0, 0.1) is 5.82 Å². The summed E-state index contributed by atoms with van der Waals surface area (Å²) in [6.45, 7) is 3.31. The Bertz CT molecular complexity index is 935. The minimum absolute atomic E-state index is 0. The molecular formula is C21H24ClFN4O. The zero-order valence-electron chi connectivity index (χ0n) is 15.5. The van der Waals surface area contributed by atoms with Crippen LogP contribution in [0.1, 0.15) is 16.9 Å². The molecule has 7 heteroatoms. The molecule has 1 aliphatic heterocycles. The molecule has 1 saturated heterocycles. The zero-order valence-corrected chi connectivity index (χ0v) is 16.3. The van der Waals surface area contributed by atoms with E-state index in [0.717, 1.165) is 42.6 Å². The van der Waals surface area contributed by atoms with Gasteiger partial charge in [-0.25, -0.2) is 4.39 Å². The molecule has 1 amide bonds. The van der Waals surface area contributed by atoms with Gasteiger partial charge in [-0.05, 0) is 49.4 Å². The van der Waals surface area contributed by atoms with E-state index in [2.05, 4.69) is 16.0 Å². The maximum absolute atomic E-state index is 13.3. The monoisotopic (exact) mass is 402 g/mol. The average molecular weight is 403 g/mol. The third-order valence-corrected chi connectivity index (χ3v) is 4.93. The molecule has 0 radical (unpaired) electrons. The lowest BCUT2D eigenvalue weighted by Crippen LogP contribution is -2.38. The van der Waals surface area contributed by atoms with Gasteiger partial charge in [0, 0.05) is 36.7 Å². The number of aromatic nitrogens is 1. The summed E-state index contributed by atoms with van der Waals surface area (Å²) < 4.78 is 15.2. The van der Waals surface area contributed by atoms with Crippen LogP contribution in [0.2, 0.25) is 0 Å². The van der Waals surface area contributed by atoms with E-state index >= 15 is 0 Å². The lowest BCUT2D eigenvalue weighted by molar-refractivity contribution is 0.0947. The van der Waals surface area contributed by atoms with Crippen molar-refractivity contribution in [2.24, 2.45) is 0 Å². The van der Waals surface area contributed by atoms with Gasteiger partial charge in [0.25, 0.3) is 5.91 Å². The number of benzene rings is 2. The Morgan fingerprint density at radius 3 is 2.68 bits per heavy atom. The summed E-state index contributed by atoms with van der Waals surface area (Å²) in [4.78, 5) is 12.8. The van der Waals surface area contributed by atoms with Crippen molar-refractivity contribution in [3.8, 4) is 5.69 Å². The Kier molecular flexibility index (Phi) is 6.67. The molecular weight excluding hydrogens is 379 g/mol. The number of para-hydroxylation sites is 1. The van der Waals surface area contributed by atoms with Crippen LogP contribution in [0.4, 0.5) is 4.39 Å². The molecule has 1 fully saturated rings. The topological polar surface area (TPSA) is 58.1 Å². The molecule has 0 spiro atoms. The quantitative estimate of drug-likeness (QED) is 0.556. The molecule has 3 N–H and O–H groups in total. The van der Waals surface area contributed by atoms with E-state index in [1.165, 1.54) is 12.1 Å². The van der Waals surface area contributed by atoms with Crippen LogP contribution in [-0.4, -0.2) is 42.7 Å². The summed E-state index contributed by atoms with van der Waals surface area (Å²) in [7, 11) is 0. The van der Waals surface area contributed by atoms with Crippen LogP contribution < -0.4 is 16.0 Å². The van der Waals surface area contributed by atoms with Crippen LogP contribution in [0.3, 0.4) is 0 Å². The number of rotatable bonds is 6. The highest BCUT2D eigenvalue weighted by Gasteiger charge is 2.17. The first kappa shape index (κ1) is 20.3. The number of hydrogen-bond donors (Lipinski definition) is 3. The van der Waals surface area contributed by atoms with Crippen molar-refractivity contribution in [3.63, 3.8) is 0 Å². The first-order valence-electron chi connectivity index (χ1n) is 9.31.